The van der Waals surface area contributed by atoms with Gasteiger partial charge in [-0.15, -0.1) is 0 Å². The molecule has 0 amide bonds. The lowest BCUT2D eigenvalue weighted by Gasteiger charge is -2.23. The summed E-state index contributed by atoms with van der Waals surface area (Å²) < 4.78 is 31.6. The van der Waals surface area contributed by atoms with Gasteiger partial charge in [0.25, 0.3) is 0 Å². The van der Waals surface area contributed by atoms with Crippen molar-refractivity contribution < 1.29 is 13.2 Å². The van der Waals surface area contributed by atoms with Crippen LogP contribution in [0.5, 0.6) is 0 Å². The average molecular weight is 328 g/mol. The van der Waals surface area contributed by atoms with Crippen LogP contribution in [0.15, 0.2) is 0 Å². The van der Waals surface area contributed by atoms with Gasteiger partial charge in [0.2, 0.25) is 10.0 Å². The zero-order chi connectivity index (χ0) is 12.7. The van der Waals surface area contributed by atoms with E-state index in [0.29, 0.717) is 17.9 Å². The lowest BCUT2D eigenvalue weighted by Crippen LogP contribution is -2.41. The molecule has 0 aromatic rings. The van der Waals surface area contributed by atoms with Crippen LogP contribution < -0.4 is 4.72 Å². The van der Waals surface area contributed by atoms with Crippen LogP contribution in [0, 0.1) is 5.92 Å². The molecule has 17 heavy (non-hydrogen) atoms. The number of methoxy groups -OCH3 is 1. The highest BCUT2D eigenvalue weighted by Gasteiger charge is 2.23. The number of alkyl halides is 1. The average Bonchev–Trinajstić information content (AvgIpc) is 2.29. The van der Waals surface area contributed by atoms with E-state index in [1.54, 1.807) is 7.11 Å². The molecule has 1 N–H and O–H groups in total. The molecule has 0 spiro atoms. The van der Waals surface area contributed by atoms with Gasteiger partial charge >= 0.3 is 0 Å². The summed E-state index contributed by atoms with van der Waals surface area (Å²) in [6.45, 7) is 0.398. The molecule has 4 nitrogen and oxygen atoms in total. The fourth-order valence-electron chi connectivity index (χ4n) is 2.28. The molecule has 0 radical (unpaired) electrons. The van der Waals surface area contributed by atoms with Crippen LogP contribution in [0.25, 0.3) is 0 Å². The van der Waals surface area contributed by atoms with Crippen molar-refractivity contribution in [3.63, 3.8) is 0 Å². The van der Waals surface area contributed by atoms with E-state index in [0.717, 1.165) is 12.8 Å². The Balaban J connectivity index is 2.43. The van der Waals surface area contributed by atoms with Crippen molar-refractivity contribution in [1.29, 1.82) is 0 Å². The summed E-state index contributed by atoms with van der Waals surface area (Å²) in [5, 5.41) is 0.574. The highest BCUT2D eigenvalue weighted by molar-refractivity contribution is 9.09. The van der Waals surface area contributed by atoms with Crippen molar-refractivity contribution in [2.24, 2.45) is 5.92 Å². The molecule has 1 saturated carbocycles. The summed E-state index contributed by atoms with van der Waals surface area (Å²) >= 11 is 3.29. The van der Waals surface area contributed by atoms with Crippen LogP contribution in [-0.4, -0.2) is 39.3 Å². The van der Waals surface area contributed by atoms with E-state index < -0.39 is 10.0 Å². The van der Waals surface area contributed by atoms with Crippen molar-refractivity contribution in [3.8, 4) is 0 Å². The Hall–Kier alpha value is 0.350. The minimum atomic E-state index is -3.17. The summed E-state index contributed by atoms with van der Waals surface area (Å²) in [6, 6.07) is -0.173. The summed E-state index contributed by atoms with van der Waals surface area (Å²) in [5.41, 5.74) is 0. The Morgan fingerprint density at radius 3 is 2.53 bits per heavy atom. The molecule has 1 fully saturated rings. The van der Waals surface area contributed by atoms with Crippen LogP contribution in [0.2, 0.25) is 0 Å². The third kappa shape index (κ3) is 6.18. The van der Waals surface area contributed by atoms with Crippen LogP contribution in [0.1, 0.15) is 32.1 Å². The lowest BCUT2D eigenvalue weighted by atomic mass is 9.91. The van der Waals surface area contributed by atoms with Gasteiger partial charge < -0.3 is 4.74 Å². The molecule has 6 heteroatoms. The molecule has 1 aliphatic rings. The second-order valence-corrected chi connectivity index (χ2v) is 7.16. The molecule has 1 aliphatic carbocycles. The molecule has 102 valence electrons. The van der Waals surface area contributed by atoms with Gasteiger partial charge in [0.1, 0.15) is 0 Å². The van der Waals surface area contributed by atoms with Crippen molar-refractivity contribution in [1.82, 2.24) is 4.72 Å². The number of hydrogen-bond acceptors (Lipinski definition) is 3. The van der Waals surface area contributed by atoms with Crippen LogP contribution in [0.3, 0.4) is 0 Å². The normalized spacial score (nSPS) is 20.4. The zero-order valence-electron chi connectivity index (χ0n) is 10.3. The molecule has 1 rings (SSSR count). The first-order valence-corrected chi connectivity index (χ1v) is 8.89. The van der Waals surface area contributed by atoms with Gasteiger partial charge in [0, 0.05) is 12.4 Å². The molecule has 0 saturated heterocycles. The molecule has 1 atom stereocenters. The van der Waals surface area contributed by atoms with E-state index >= 15 is 0 Å². The third-order valence-corrected chi connectivity index (χ3v) is 5.46. The first-order chi connectivity index (χ1) is 8.07. The SMILES string of the molecule is COCC(CBr)NS(=O)(=O)CC1CCCCC1. The quantitative estimate of drug-likeness (QED) is 0.726. The maximum atomic E-state index is 12.0. The first-order valence-electron chi connectivity index (χ1n) is 6.12. The summed E-state index contributed by atoms with van der Waals surface area (Å²) in [4.78, 5) is 0. The van der Waals surface area contributed by atoms with E-state index in [1.807, 2.05) is 0 Å². The van der Waals surface area contributed by atoms with Gasteiger partial charge in [-0.1, -0.05) is 35.2 Å². The van der Waals surface area contributed by atoms with E-state index in [2.05, 4.69) is 20.7 Å². The van der Waals surface area contributed by atoms with Crippen molar-refractivity contribution in [2.75, 3.05) is 24.8 Å². The minimum Gasteiger partial charge on any atom is -0.383 e. The van der Waals surface area contributed by atoms with Crippen LogP contribution in [-0.2, 0) is 14.8 Å². The van der Waals surface area contributed by atoms with Gasteiger partial charge in [-0.3, -0.25) is 0 Å². The highest BCUT2D eigenvalue weighted by atomic mass is 79.9. The maximum Gasteiger partial charge on any atom is 0.212 e. The predicted molar refractivity (Wildman–Crippen MR) is 73.0 cm³/mol. The van der Waals surface area contributed by atoms with Crippen LogP contribution in [0.4, 0.5) is 0 Å². The van der Waals surface area contributed by atoms with Gasteiger partial charge in [-0.05, 0) is 18.8 Å². The van der Waals surface area contributed by atoms with Crippen molar-refractivity contribution in [3.05, 3.63) is 0 Å². The Labute approximate surface area is 113 Å². The molecular formula is C11H22BrNO3S. The van der Waals surface area contributed by atoms with Crippen molar-refractivity contribution in [2.45, 2.75) is 38.1 Å². The molecule has 0 aromatic heterocycles. The molecule has 0 heterocycles. The molecular weight excluding hydrogens is 306 g/mol. The Morgan fingerprint density at radius 2 is 2.00 bits per heavy atom. The van der Waals surface area contributed by atoms with Gasteiger partial charge in [-0.25, -0.2) is 13.1 Å². The molecule has 1 unspecified atom stereocenters. The number of ether oxygens (including phenoxy) is 1. The van der Waals surface area contributed by atoms with E-state index in [-0.39, 0.29) is 11.8 Å². The van der Waals surface area contributed by atoms with E-state index in [1.165, 1.54) is 19.3 Å². The summed E-state index contributed by atoms with van der Waals surface area (Å²) in [6.07, 6.45) is 5.67. The Morgan fingerprint density at radius 1 is 1.35 bits per heavy atom. The maximum absolute atomic E-state index is 12.0. The second-order valence-electron chi connectivity index (χ2n) is 4.71. The summed E-state index contributed by atoms with van der Waals surface area (Å²) in [5.74, 6) is 0.597. The summed E-state index contributed by atoms with van der Waals surface area (Å²) in [7, 11) is -1.60. The number of sulfonamides is 1. The molecule has 0 bridgehead atoms. The standard InChI is InChI=1S/C11H22BrNO3S/c1-16-8-11(7-12)13-17(14,15)9-10-5-3-2-4-6-10/h10-11,13H,2-9H2,1H3. The number of halogens is 1. The highest BCUT2D eigenvalue weighted by Crippen LogP contribution is 2.24. The Kier molecular flexibility index (Phi) is 6.99. The van der Waals surface area contributed by atoms with E-state index in [9.17, 15) is 8.42 Å². The molecule has 0 aliphatic heterocycles. The largest absolute Gasteiger partial charge is 0.383 e. The minimum absolute atomic E-state index is 0.173. The van der Waals surface area contributed by atoms with E-state index in [4.69, 9.17) is 4.74 Å². The second kappa shape index (κ2) is 7.71. The van der Waals surface area contributed by atoms with Crippen LogP contribution >= 0.6 is 15.9 Å². The number of rotatable bonds is 7. The fourth-order valence-corrected chi connectivity index (χ4v) is 4.55. The lowest BCUT2D eigenvalue weighted by molar-refractivity contribution is 0.181. The fraction of sp³-hybridized carbons (Fsp3) is 1.00. The number of nitrogens with one attached hydrogen (secondary N) is 1. The predicted octanol–water partition coefficient (Wildman–Crippen LogP) is 1.90. The molecule has 0 aromatic carbocycles. The van der Waals surface area contributed by atoms with Gasteiger partial charge in [0.05, 0.1) is 18.4 Å². The van der Waals surface area contributed by atoms with Crippen molar-refractivity contribution >= 4 is 26.0 Å². The monoisotopic (exact) mass is 327 g/mol. The smallest absolute Gasteiger partial charge is 0.212 e. The first kappa shape index (κ1) is 15.4. The van der Waals surface area contributed by atoms with Gasteiger partial charge in [-0.2, -0.15) is 0 Å². The Bertz CT molecular complexity index is 289. The topological polar surface area (TPSA) is 55.4 Å². The van der Waals surface area contributed by atoms with Gasteiger partial charge in [0.15, 0.2) is 0 Å². The zero-order valence-corrected chi connectivity index (χ0v) is 12.7. The number of hydrogen-bond donors (Lipinski definition) is 1. The third-order valence-electron chi connectivity index (χ3n) is 3.08.